The molecular weight excluding hydrogens is 720 g/mol. The molecule has 1 amide bonds. The summed E-state index contributed by atoms with van der Waals surface area (Å²) >= 11 is 6.53. The molecule has 0 radical (unpaired) electrons. The number of halogens is 1. The number of anilines is 1. The number of benzene rings is 2. The topological polar surface area (TPSA) is 91.4 Å². The Morgan fingerprint density at radius 1 is 1.00 bits per heavy atom. The van der Waals surface area contributed by atoms with Crippen LogP contribution in [0.5, 0.6) is 5.75 Å². The largest absolute Gasteiger partial charge is 0.490 e. The zero-order valence-corrected chi connectivity index (χ0v) is 33.8. The minimum atomic E-state index is -3.91. The first-order chi connectivity index (χ1) is 26.1. The van der Waals surface area contributed by atoms with E-state index in [4.69, 9.17) is 21.1 Å². The highest BCUT2D eigenvalue weighted by molar-refractivity contribution is 7.90. The number of carbonyl (C=O) groups excluding carboxylic acids is 1. The molecule has 4 aliphatic heterocycles. The van der Waals surface area contributed by atoms with Crippen LogP contribution in [0.25, 0.3) is 0 Å². The summed E-state index contributed by atoms with van der Waals surface area (Å²) in [7, 11) is -3.91. The smallest absolute Gasteiger partial charge is 0.264 e. The molecule has 0 unspecified atom stereocenters. The molecule has 3 fully saturated rings. The molecule has 4 heterocycles. The molecule has 1 saturated carbocycles. The highest BCUT2D eigenvalue weighted by atomic mass is 35.5. The number of nitrogens with one attached hydrogen (secondary N) is 1. The van der Waals surface area contributed by atoms with Gasteiger partial charge in [0.25, 0.3) is 5.91 Å². The van der Waals surface area contributed by atoms with E-state index in [9.17, 15) is 13.2 Å². The second kappa shape index (κ2) is 15.7. The van der Waals surface area contributed by atoms with Crippen molar-refractivity contribution in [3.63, 3.8) is 0 Å². The van der Waals surface area contributed by atoms with Gasteiger partial charge in [-0.3, -0.25) is 14.6 Å². The number of aryl methyl sites for hydroxylation is 1. The number of carbonyl (C=O) groups is 1. The highest BCUT2D eigenvalue weighted by Crippen LogP contribution is 2.49. The van der Waals surface area contributed by atoms with Gasteiger partial charge < -0.3 is 14.4 Å². The van der Waals surface area contributed by atoms with E-state index in [1.54, 1.807) is 6.07 Å². The van der Waals surface area contributed by atoms with E-state index < -0.39 is 26.8 Å². The van der Waals surface area contributed by atoms with Crippen LogP contribution < -0.4 is 14.4 Å². The molecule has 1 N–H and O–H groups in total. The molecule has 2 aromatic rings. The Kier molecular flexibility index (Phi) is 11.1. The molecule has 6 aliphatic rings. The Morgan fingerprint density at radius 2 is 1.89 bits per heavy atom. The summed E-state index contributed by atoms with van der Waals surface area (Å²) in [6, 6.07) is 12.4. The van der Waals surface area contributed by atoms with Gasteiger partial charge in [-0.1, -0.05) is 43.2 Å². The molecule has 8 rings (SSSR count). The second-order valence-electron chi connectivity index (χ2n) is 17.0. The van der Waals surface area contributed by atoms with Gasteiger partial charge in [0.2, 0.25) is 10.0 Å². The fourth-order valence-corrected chi connectivity index (χ4v) is 12.5. The van der Waals surface area contributed by atoms with E-state index in [2.05, 4.69) is 50.6 Å². The van der Waals surface area contributed by atoms with Gasteiger partial charge in [0.15, 0.2) is 0 Å². The Labute approximate surface area is 327 Å². The van der Waals surface area contributed by atoms with Gasteiger partial charge in [0, 0.05) is 67.9 Å². The van der Waals surface area contributed by atoms with Gasteiger partial charge in [-0.15, -0.1) is 0 Å². The fraction of sp³-hybridized carbons (Fsp3) is 0.651. The zero-order valence-electron chi connectivity index (χ0n) is 32.2. The van der Waals surface area contributed by atoms with Crippen LogP contribution in [0.1, 0.15) is 99.5 Å². The number of piperazine rings is 1. The minimum Gasteiger partial charge on any atom is -0.490 e. The first kappa shape index (κ1) is 38.3. The van der Waals surface area contributed by atoms with E-state index >= 15 is 0 Å². The van der Waals surface area contributed by atoms with E-state index in [0.717, 1.165) is 87.8 Å². The second-order valence-corrected chi connectivity index (χ2v) is 19.4. The molecule has 2 bridgehead atoms. The van der Waals surface area contributed by atoms with Crippen LogP contribution >= 0.6 is 11.6 Å². The third kappa shape index (κ3) is 7.47. The van der Waals surface area contributed by atoms with Crippen LogP contribution in [0.15, 0.2) is 48.6 Å². The zero-order chi connectivity index (χ0) is 37.5. The maximum atomic E-state index is 13.7. The molecule has 9 nitrogen and oxygen atoms in total. The summed E-state index contributed by atoms with van der Waals surface area (Å²) in [6.07, 6.45) is 15.1. The van der Waals surface area contributed by atoms with Crippen molar-refractivity contribution in [1.82, 2.24) is 14.5 Å². The minimum absolute atomic E-state index is 0.256. The maximum Gasteiger partial charge on any atom is 0.264 e. The standard InChI is InChI=1S/C43H59ClN4O5S/c1-3-36-12-5-7-20-43(53-4-2,29-46-22-23-47-21-8-6-11-35(47)27-46)38-16-13-33(38)26-48-28-42(19-9-10-31-24-34(44)15-17-37(31)42)30-52-40-18-14-32(25-39(40)48)41(49)45-54(36,50)51/h7,14-15,17-18,20,24-25,33,35-36,38H,3-6,8-13,16,19,21-23,26-30H2,1-2H3,(H,45,49)/b20-7-/t33-,35+,36+,38+,42-,43+/m0/s1. The predicted molar refractivity (Wildman–Crippen MR) is 215 cm³/mol. The number of rotatable bonds is 5. The van der Waals surface area contributed by atoms with Crippen molar-refractivity contribution in [2.75, 3.05) is 63.9 Å². The number of sulfonamides is 1. The quantitative estimate of drug-likeness (QED) is 0.326. The molecule has 1 spiro atoms. The molecule has 2 aliphatic carbocycles. The third-order valence-electron chi connectivity index (χ3n) is 13.8. The van der Waals surface area contributed by atoms with Gasteiger partial charge in [-0.05, 0) is 131 Å². The van der Waals surface area contributed by atoms with Crippen molar-refractivity contribution >= 4 is 33.2 Å². The normalized spacial score (nSPS) is 33.6. The van der Waals surface area contributed by atoms with Gasteiger partial charge >= 0.3 is 0 Å². The molecule has 294 valence electrons. The molecule has 0 aromatic heterocycles. The lowest BCUT2D eigenvalue weighted by Crippen LogP contribution is -2.61. The van der Waals surface area contributed by atoms with E-state index in [0.29, 0.717) is 55.9 Å². The van der Waals surface area contributed by atoms with Crippen LogP contribution in [0.3, 0.4) is 0 Å². The van der Waals surface area contributed by atoms with Crippen LogP contribution in [0.2, 0.25) is 5.02 Å². The van der Waals surface area contributed by atoms with Crippen molar-refractivity contribution in [3.05, 3.63) is 70.3 Å². The first-order valence-corrected chi connectivity index (χ1v) is 22.7. The van der Waals surface area contributed by atoms with E-state index in [-0.39, 0.29) is 5.41 Å². The molecule has 6 atom stereocenters. The lowest BCUT2D eigenvalue weighted by Gasteiger charge is -2.53. The monoisotopic (exact) mass is 778 g/mol. The lowest BCUT2D eigenvalue weighted by molar-refractivity contribution is -0.116. The molecular formula is C43H59ClN4O5S. The van der Waals surface area contributed by atoms with E-state index in [1.807, 2.05) is 25.1 Å². The Morgan fingerprint density at radius 3 is 2.70 bits per heavy atom. The number of hydrogen-bond donors (Lipinski definition) is 1. The summed E-state index contributed by atoms with van der Waals surface area (Å²) in [5, 5.41) is 0.0730. The Bertz CT molecular complexity index is 1840. The molecule has 2 aromatic carbocycles. The Hall–Kier alpha value is -2.63. The molecule has 2 saturated heterocycles. The van der Waals surface area contributed by atoms with Gasteiger partial charge in [0.05, 0.1) is 17.5 Å². The maximum absolute atomic E-state index is 13.7. The number of amides is 1. The fourth-order valence-electron chi connectivity index (χ4n) is 10.9. The Balaban J connectivity index is 1.19. The van der Waals surface area contributed by atoms with Crippen molar-refractivity contribution < 1.29 is 22.7 Å². The van der Waals surface area contributed by atoms with Crippen LogP contribution in [0.4, 0.5) is 5.69 Å². The number of ether oxygens (including phenoxy) is 2. The summed E-state index contributed by atoms with van der Waals surface area (Å²) in [4.78, 5) is 21.5. The SMILES string of the molecule is CCO[C@@]1(CN2CCN3CCCC[C@@H]3C2)/C=C\CC[C@@H](CC)S(=O)(=O)NC(=O)c2ccc3c(c2)N(C[C@@H]2CC[C@H]21)C[C@@]1(CCCc2cc(Cl)ccc21)CO3. The van der Waals surface area contributed by atoms with Gasteiger partial charge in [-0.25, -0.2) is 13.1 Å². The average Bonchev–Trinajstić information content (AvgIpc) is 3.29. The van der Waals surface area contributed by atoms with Crippen molar-refractivity contribution in [2.45, 2.75) is 107 Å². The number of hydrogen-bond acceptors (Lipinski definition) is 8. The van der Waals surface area contributed by atoms with Gasteiger partial charge in [0.1, 0.15) is 11.4 Å². The van der Waals surface area contributed by atoms with Crippen LogP contribution in [0, 0.1) is 11.8 Å². The first-order valence-electron chi connectivity index (χ1n) is 20.8. The van der Waals surface area contributed by atoms with Crippen LogP contribution in [-0.4, -0.2) is 100 Å². The number of allylic oxidation sites excluding steroid dienone is 1. The van der Waals surface area contributed by atoms with Crippen molar-refractivity contribution in [2.24, 2.45) is 11.8 Å². The average molecular weight is 779 g/mol. The highest BCUT2D eigenvalue weighted by Gasteiger charge is 2.50. The summed E-state index contributed by atoms with van der Waals surface area (Å²) in [6.45, 7) is 11.9. The van der Waals surface area contributed by atoms with Gasteiger partial charge in [-0.2, -0.15) is 0 Å². The number of fused-ring (bicyclic) bond motifs is 5. The van der Waals surface area contributed by atoms with E-state index in [1.165, 1.54) is 36.9 Å². The number of nitrogens with zero attached hydrogens (tertiary/aromatic N) is 3. The summed E-state index contributed by atoms with van der Waals surface area (Å²) in [5.74, 6) is 0.800. The molecule has 54 heavy (non-hydrogen) atoms. The lowest BCUT2D eigenvalue weighted by atomic mass is 9.63. The third-order valence-corrected chi connectivity index (χ3v) is 15.9. The summed E-state index contributed by atoms with van der Waals surface area (Å²) in [5.41, 5.74) is 3.02. The molecule has 11 heteroatoms. The number of piperidine rings is 1. The van der Waals surface area contributed by atoms with Crippen molar-refractivity contribution in [3.8, 4) is 5.75 Å². The predicted octanol–water partition coefficient (Wildman–Crippen LogP) is 6.97. The van der Waals surface area contributed by atoms with Crippen LogP contribution in [-0.2, 0) is 26.6 Å². The summed E-state index contributed by atoms with van der Waals surface area (Å²) < 4.78 is 43.6. The van der Waals surface area contributed by atoms with Crippen molar-refractivity contribution in [1.29, 1.82) is 0 Å².